The zero-order valence-electron chi connectivity index (χ0n) is 27.0. The summed E-state index contributed by atoms with van der Waals surface area (Å²) in [7, 11) is -2.23. The van der Waals surface area contributed by atoms with Gasteiger partial charge in [0.05, 0.1) is 41.0 Å². The summed E-state index contributed by atoms with van der Waals surface area (Å²) in [5, 5.41) is 57.8. The number of aromatic nitrogens is 2. The molecule has 0 amide bonds. The number of aromatic hydroxyl groups is 4. The molecule has 5 aromatic rings. The summed E-state index contributed by atoms with van der Waals surface area (Å²) in [6, 6.07) is 39.8. The Hall–Kier alpha value is -5.30. The molecule has 0 radical (unpaired) electrons. The molecule has 0 aliphatic heterocycles. The molecular weight excluding hydrogens is 615 g/mol. The molecule has 0 saturated heterocycles. The van der Waals surface area contributed by atoms with E-state index in [0.717, 1.165) is 15.9 Å². The van der Waals surface area contributed by atoms with Crippen LogP contribution in [0.3, 0.4) is 0 Å². The summed E-state index contributed by atoms with van der Waals surface area (Å²) in [5.41, 5.74) is 3.17. The van der Waals surface area contributed by atoms with Gasteiger partial charge in [0.2, 0.25) is 0 Å². The Balaban J connectivity index is 0.000000233. The summed E-state index contributed by atoms with van der Waals surface area (Å²) in [5.74, 6) is -0.475. The largest absolute Gasteiger partial charge is 0.871 e. The standard InChI is InChI=1S/C22H21BO3.2C7H9NO3/c24-23(25)26-18-10-17-22(19-11-4-1-5-12-19,20-13-6-2-7-14-20)21-15-8-3-9-16-21;2*1-2-11-8-6(9)4-3-5-7(8)10/h1-9,11-16H,10,17-18H2;2*3-5H,2H2,1H3,(H,9,10)/q-2;;/p+2. The smallest absolute Gasteiger partial charge is 0.419 e. The molecule has 12 heteroatoms. The number of benzene rings is 3. The summed E-state index contributed by atoms with van der Waals surface area (Å²) in [6.07, 6.45) is 1.34. The van der Waals surface area contributed by atoms with Gasteiger partial charge < -0.3 is 35.1 Å². The molecule has 0 aliphatic rings. The van der Waals surface area contributed by atoms with E-state index in [0.29, 0.717) is 19.6 Å². The van der Waals surface area contributed by atoms with Gasteiger partial charge >= 0.3 is 23.5 Å². The Bertz CT molecular complexity index is 1440. The van der Waals surface area contributed by atoms with Gasteiger partial charge in [-0.25, -0.2) is 0 Å². The monoisotopic (exact) mass is 656 g/mol. The molecule has 3 aromatic carbocycles. The molecule has 0 aliphatic carbocycles. The Kier molecular flexibility index (Phi) is 15.0. The summed E-state index contributed by atoms with van der Waals surface area (Å²) >= 11 is 0. The van der Waals surface area contributed by atoms with Crippen molar-refractivity contribution >= 4 is 7.32 Å². The lowest BCUT2D eigenvalue weighted by molar-refractivity contribution is -0.895. The van der Waals surface area contributed by atoms with Crippen molar-refractivity contribution in [2.45, 2.75) is 32.1 Å². The fourth-order valence-corrected chi connectivity index (χ4v) is 5.09. The van der Waals surface area contributed by atoms with Gasteiger partial charge in [-0.05, 0) is 55.5 Å². The van der Waals surface area contributed by atoms with Crippen molar-refractivity contribution < 1.29 is 54.3 Å². The number of hydrogen-bond acceptors (Lipinski definition) is 9. The first-order chi connectivity index (χ1) is 23.2. The Morgan fingerprint density at radius 1 is 0.542 bits per heavy atom. The first-order valence-electron chi connectivity index (χ1n) is 15.5. The van der Waals surface area contributed by atoms with Crippen LogP contribution in [0.5, 0.6) is 23.5 Å². The van der Waals surface area contributed by atoms with Gasteiger partial charge in [-0.2, -0.15) is 0 Å². The van der Waals surface area contributed by atoms with Crippen LogP contribution in [0.2, 0.25) is 0 Å². The second kappa shape index (κ2) is 19.4. The van der Waals surface area contributed by atoms with Crippen molar-refractivity contribution in [1.29, 1.82) is 0 Å². The Morgan fingerprint density at radius 2 is 0.875 bits per heavy atom. The molecule has 252 valence electrons. The highest BCUT2D eigenvalue weighted by Gasteiger charge is 2.35. The molecule has 2 aromatic heterocycles. The minimum absolute atomic E-state index is 0.119. The molecule has 2 heterocycles. The van der Waals surface area contributed by atoms with Crippen molar-refractivity contribution in [1.82, 2.24) is 0 Å². The fourth-order valence-electron chi connectivity index (χ4n) is 5.09. The van der Waals surface area contributed by atoms with Crippen LogP contribution in [0.15, 0.2) is 127 Å². The van der Waals surface area contributed by atoms with E-state index in [4.69, 9.17) is 34.8 Å². The zero-order valence-corrected chi connectivity index (χ0v) is 27.0. The molecule has 11 nitrogen and oxygen atoms in total. The van der Waals surface area contributed by atoms with E-state index in [1.165, 1.54) is 53.1 Å². The molecule has 0 spiro atoms. The SMILES string of the molecule is CCO[n+]1c(O)cccc1O.CCO[n+]1c(O)cccc1O.[O-]B([O-])OCCCC(c1ccccc1)(c1ccccc1)c1ccccc1. The highest BCUT2D eigenvalue weighted by atomic mass is 16.7. The van der Waals surface area contributed by atoms with Crippen LogP contribution in [0, 0.1) is 0 Å². The first-order valence-corrected chi connectivity index (χ1v) is 15.5. The van der Waals surface area contributed by atoms with E-state index >= 15 is 0 Å². The van der Waals surface area contributed by atoms with Crippen LogP contribution in [0.25, 0.3) is 0 Å². The lowest BCUT2D eigenvalue weighted by Crippen LogP contribution is -2.48. The number of nitrogens with zero attached hydrogens (tertiary/aromatic N) is 2. The van der Waals surface area contributed by atoms with Crippen molar-refractivity contribution in [3.05, 3.63) is 144 Å². The lowest BCUT2D eigenvalue weighted by atomic mass is 9.67. The van der Waals surface area contributed by atoms with Gasteiger partial charge in [-0.1, -0.05) is 91.0 Å². The van der Waals surface area contributed by atoms with Gasteiger partial charge in [-0.15, -0.1) is 0 Å². The highest BCUT2D eigenvalue weighted by molar-refractivity contribution is 6.28. The van der Waals surface area contributed by atoms with Gasteiger partial charge in [-0.3, -0.25) is 9.68 Å². The van der Waals surface area contributed by atoms with Crippen molar-refractivity contribution in [2.24, 2.45) is 0 Å². The minimum Gasteiger partial charge on any atom is -0.871 e. The normalized spacial score (nSPS) is 10.5. The fraction of sp³-hybridized carbons (Fsp3) is 0.222. The summed E-state index contributed by atoms with van der Waals surface area (Å²) < 4.78 is 6.65. The van der Waals surface area contributed by atoms with Crippen LogP contribution in [0.4, 0.5) is 0 Å². The molecule has 0 unspecified atom stereocenters. The van der Waals surface area contributed by atoms with Crippen molar-refractivity contribution in [3.8, 4) is 23.5 Å². The molecule has 0 atom stereocenters. The second-order valence-electron chi connectivity index (χ2n) is 10.2. The van der Waals surface area contributed by atoms with E-state index in [2.05, 4.69) is 36.4 Å². The van der Waals surface area contributed by atoms with Crippen LogP contribution in [0.1, 0.15) is 43.4 Å². The number of pyridine rings is 2. The van der Waals surface area contributed by atoms with Crippen molar-refractivity contribution in [2.75, 3.05) is 19.8 Å². The third-order valence-electron chi connectivity index (χ3n) is 7.08. The van der Waals surface area contributed by atoms with Gasteiger partial charge in [0.1, 0.15) is 0 Å². The molecule has 5 rings (SSSR count). The third-order valence-corrected chi connectivity index (χ3v) is 7.08. The average molecular weight is 657 g/mol. The summed E-state index contributed by atoms with van der Waals surface area (Å²) in [4.78, 5) is 9.77. The molecule has 48 heavy (non-hydrogen) atoms. The van der Waals surface area contributed by atoms with E-state index in [-0.39, 0.29) is 35.5 Å². The Morgan fingerprint density at radius 3 is 1.17 bits per heavy atom. The van der Waals surface area contributed by atoms with E-state index in [1.807, 2.05) is 54.6 Å². The molecular formula is C36H41BN2O9. The first kappa shape index (κ1) is 37.2. The van der Waals surface area contributed by atoms with Gasteiger partial charge in [0.15, 0.2) is 13.2 Å². The Labute approximate surface area is 280 Å². The highest BCUT2D eigenvalue weighted by Crippen LogP contribution is 2.42. The van der Waals surface area contributed by atoms with Crippen LogP contribution < -0.4 is 29.2 Å². The van der Waals surface area contributed by atoms with Crippen LogP contribution in [-0.4, -0.2) is 47.6 Å². The summed E-state index contributed by atoms with van der Waals surface area (Å²) in [6.45, 7) is 4.45. The zero-order chi connectivity index (χ0) is 34.8. The predicted octanol–water partition coefficient (Wildman–Crippen LogP) is 2.19. The van der Waals surface area contributed by atoms with Crippen molar-refractivity contribution in [3.63, 3.8) is 0 Å². The van der Waals surface area contributed by atoms with Gasteiger partial charge in [0.25, 0.3) is 0 Å². The van der Waals surface area contributed by atoms with Crippen LogP contribution >= 0.6 is 0 Å². The minimum atomic E-state index is -2.23. The van der Waals surface area contributed by atoms with Crippen LogP contribution in [-0.2, 0) is 10.1 Å². The number of rotatable bonds is 12. The quantitative estimate of drug-likeness (QED) is 0.0683. The third kappa shape index (κ3) is 10.4. The maximum absolute atomic E-state index is 10.7. The molecule has 4 N–H and O–H groups in total. The van der Waals surface area contributed by atoms with E-state index < -0.39 is 7.32 Å². The topological polar surface area (TPSA) is 162 Å². The molecule has 0 bridgehead atoms. The van der Waals surface area contributed by atoms with E-state index in [1.54, 1.807) is 13.8 Å². The van der Waals surface area contributed by atoms with E-state index in [9.17, 15) is 10.0 Å². The molecule has 0 saturated carbocycles. The maximum atomic E-state index is 10.7. The maximum Gasteiger partial charge on any atom is 0.419 e. The predicted molar refractivity (Wildman–Crippen MR) is 174 cm³/mol. The lowest BCUT2D eigenvalue weighted by Gasteiger charge is -2.37. The number of hydrogen-bond donors (Lipinski definition) is 4. The van der Waals surface area contributed by atoms with Gasteiger partial charge in [0, 0.05) is 12.0 Å². The molecule has 0 fully saturated rings. The average Bonchev–Trinajstić information content (AvgIpc) is 3.10. The second-order valence-corrected chi connectivity index (χ2v) is 10.2.